The van der Waals surface area contributed by atoms with Gasteiger partial charge in [-0.1, -0.05) is 38.5 Å². The van der Waals surface area contributed by atoms with E-state index in [0.29, 0.717) is 0 Å². The van der Waals surface area contributed by atoms with Gasteiger partial charge >= 0.3 is 0 Å². The Balaban J connectivity index is 2.30. The SMILES string of the molecule is CCCCn1cc(C)nc1Nc1c(C)cccc1CC. The van der Waals surface area contributed by atoms with E-state index in [1.807, 2.05) is 6.92 Å². The minimum Gasteiger partial charge on any atom is -0.325 e. The maximum Gasteiger partial charge on any atom is 0.207 e. The number of nitrogens with zero attached hydrogens (tertiary/aromatic N) is 2. The van der Waals surface area contributed by atoms with E-state index in [-0.39, 0.29) is 0 Å². The van der Waals surface area contributed by atoms with Gasteiger partial charge in [0.25, 0.3) is 0 Å². The van der Waals surface area contributed by atoms with Crippen LogP contribution >= 0.6 is 0 Å². The average molecular weight is 271 g/mol. The van der Waals surface area contributed by atoms with Crippen LogP contribution < -0.4 is 5.32 Å². The predicted molar refractivity (Wildman–Crippen MR) is 85.7 cm³/mol. The molecule has 0 aliphatic heterocycles. The molecule has 0 saturated heterocycles. The highest BCUT2D eigenvalue weighted by atomic mass is 15.2. The number of aryl methyl sites for hydroxylation is 4. The van der Waals surface area contributed by atoms with Crippen molar-refractivity contribution >= 4 is 11.6 Å². The molecule has 0 aliphatic carbocycles. The van der Waals surface area contributed by atoms with Gasteiger partial charge < -0.3 is 9.88 Å². The van der Waals surface area contributed by atoms with Gasteiger partial charge in [-0.15, -0.1) is 0 Å². The topological polar surface area (TPSA) is 29.9 Å². The Morgan fingerprint density at radius 1 is 1.20 bits per heavy atom. The van der Waals surface area contributed by atoms with Gasteiger partial charge in [0.05, 0.1) is 5.69 Å². The van der Waals surface area contributed by atoms with Gasteiger partial charge in [0.2, 0.25) is 5.95 Å². The molecule has 0 amide bonds. The van der Waals surface area contributed by atoms with Crippen LogP contribution in [-0.2, 0) is 13.0 Å². The van der Waals surface area contributed by atoms with Crippen molar-refractivity contribution in [3.63, 3.8) is 0 Å². The molecule has 20 heavy (non-hydrogen) atoms. The van der Waals surface area contributed by atoms with Crippen molar-refractivity contribution in [3.05, 3.63) is 41.2 Å². The standard InChI is InChI=1S/C17H25N3/c1-5-7-11-20-12-14(4)18-17(20)19-16-13(3)9-8-10-15(16)6-2/h8-10,12H,5-7,11H2,1-4H3,(H,18,19). The van der Waals surface area contributed by atoms with Crippen LogP contribution in [-0.4, -0.2) is 9.55 Å². The highest BCUT2D eigenvalue weighted by Crippen LogP contribution is 2.25. The van der Waals surface area contributed by atoms with Crippen LogP contribution in [0, 0.1) is 13.8 Å². The summed E-state index contributed by atoms with van der Waals surface area (Å²) in [7, 11) is 0. The molecule has 0 unspecified atom stereocenters. The number of benzene rings is 1. The number of hydrogen-bond acceptors (Lipinski definition) is 2. The lowest BCUT2D eigenvalue weighted by molar-refractivity contribution is 0.637. The van der Waals surface area contributed by atoms with Crippen molar-refractivity contribution in [3.8, 4) is 0 Å². The van der Waals surface area contributed by atoms with E-state index in [0.717, 1.165) is 24.6 Å². The van der Waals surface area contributed by atoms with Gasteiger partial charge in [-0.25, -0.2) is 4.98 Å². The number of anilines is 2. The first kappa shape index (κ1) is 14.6. The fourth-order valence-corrected chi connectivity index (χ4v) is 2.46. The molecule has 0 spiro atoms. The molecular weight excluding hydrogens is 246 g/mol. The molecule has 1 N–H and O–H groups in total. The molecule has 1 aromatic carbocycles. The lowest BCUT2D eigenvalue weighted by Crippen LogP contribution is -2.06. The highest BCUT2D eigenvalue weighted by Gasteiger charge is 2.09. The summed E-state index contributed by atoms with van der Waals surface area (Å²) in [5.41, 5.74) is 4.88. The maximum atomic E-state index is 4.63. The van der Waals surface area contributed by atoms with Crippen molar-refractivity contribution in [2.75, 3.05) is 5.32 Å². The van der Waals surface area contributed by atoms with Crippen LogP contribution in [0.3, 0.4) is 0 Å². The second-order valence-electron chi connectivity index (χ2n) is 5.34. The second-order valence-corrected chi connectivity index (χ2v) is 5.34. The summed E-state index contributed by atoms with van der Waals surface area (Å²) >= 11 is 0. The van der Waals surface area contributed by atoms with Gasteiger partial charge in [-0.2, -0.15) is 0 Å². The monoisotopic (exact) mass is 271 g/mol. The maximum absolute atomic E-state index is 4.63. The summed E-state index contributed by atoms with van der Waals surface area (Å²) in [5.74, 6) is 0.958. The molecular formula is C17H25N3. The van der Waals surface area contributed by atoms with E-state index < -0.39 is 0 Å². The summed E-state index contributed by atoms with van der Waals surface area (Å²) in [6.07, 6.45) is 5.53. The molecule has 3 heteroatoms. The normalized spacial score (nSPS) is 10.8. The Morgan fingerprint density at radius 3 is 2.70 bits per heavy atom. The largest absolute Gasteiger partial charge is 0.325 e. The molecule has 0 bridgehead atoms. The molecule has 0 fully saturated rings. The molecule has 0 radical (unpaired) electrons. The Kier molecular flexibility index (Phi) is 4.83. The molecule has 1 aromatic heterocycles. The number of hydrogen-bond donors (Lipinski definition) is 1. The third-order valence-electron chi connectivity index (χ3n) is 3.63. The first-order valence-electron chi connectivity index (χ1n) is 7.55. The molecule has 1 heterocycles. The van der Waals surface area contributed by atoms with E-state index in [2.05, 4.69) is 60.0 Å². The first-order valence-corrected chi connectivity index (χ1v) is 7.55. The number of para-hydroxylation sites is 1. The quantitative estimate of drug-likeness (QED) is 0.831. The Bertz CT molecular complexity index is 570. The van der Waals surface area contributed by atoms with E-state index in [9.17, 15) is 0 Å². The Labute approximate surface area is 122 Å². The molecule has 3 nitrogen and oxygen atoms in total. The van der Waals surface area contributed by atoms with E-state index in [1.165, 1.54) is 29.7 Å². The minimum atomic E-state index is 0.958. The molecule has 2 aromatic rings. The van der Waals surface area contributed by atoms with Crippen LogP contribution in [0.15, 0.2) is 24.4 Å². The van der Waals surface area contributed by atoms with Gasteiger partial charge in [0.1, 0.15) is 0 Å². The number of rotatable bonds is 6. The number of unbranched alkanes of at least 4 members (excludes halogenated alkanes) is 1. The Morgan fingerprint density at radius 2 is 2.00 bits per heavy atom. The highest BCUT2D eigenvalue weighted by molar-refractivity contribution is 5.63. The second kappa shape index (κ2) is 6.60. The van der Waals surface area contributed by atoms with Crippen molar-refractivity contribution < 1.29 is 0 Å². The van der Waals surface area contributed by atoms with Crippen LogP contribution in [0.1, 0.15) is 43.5 Å². The summed E-state index contributed by atoms with van der Waals surface area (Å²) in [6, 6.07) is 6.45. The number of aromatic nitrogens is 2. The third-order valence-corrected chi connectivity index (χ3v) is 3.63. The Hall–Kier alpha value is -1.77. The van der Waals surface area contributed by atoms with E-state index in [4.69, 9.17) is 0 Å². The summed E-state index contributed by atoms with van der Waals surface area (Å²) in [6.45, 7) is 9.62. The number of nitrogens with one attached hydrogen (secondary N) is 1. The first-order chi connectivity index (χ1) is 9.65. The van der Waals surface area contributed by atoms with E-state index in [1.54, 1.807) is 0 Å². The van der Waals surface area contributed by atoms with Crippen molar-refractivity contribution in [2.45, 2.75) is 53.5 Å². The minimum absolute atomic E-state index is 0.958. The fraction of sp³-hybridized carbons (Fsp3) is 0.471. The molecule has 0 aliphatic rings. The van der Waals surface area contributed by atoms with Crippen LogP contribution in [0.4, 0.5) is 11.6 Å². The smallest absolute Gasteiger partial charge is 0.207 e. The summed E-state index contributed by atoms with van der Waals surface area (Å²) < 4.78 is 2.23. The van der Waals surface area contributed by atoms with Gasteiger partial charge in [-0.05, 0) is 37.8 Å². The lowest BCUT2D eigenvalue weighted by atomic mass is 10.1. The third kappa shape index (κ3) is 3.21. The molecule has 0 saturated carbocycles. The van der Waals surface area contributed by atoms with Crippen LogP contribution in [0.25, 0.3) is 0 Å². The zero-order chi connectivity index (χ0) is 14.5. The molecule has 108 valence electrons. The molecule has 2 rings (SSSR count). The average Bonchev–Trinajstić information content (AvgIpc) is 2.78. The zero-order valence-electron chi connectivity index (χ0n) is 13.0. The van der Waals surface area contributed by atoms with E-state index >= 15 is 0 Å². The van der Waals surface area contributed by atoms with Gasteiger partial charge in [0, 0.05) is 18.4 Å². The summed E-state index contributed by atoms with van der Waals surface area (Å²) in [4.78, 5) is 4.63. The molecule has 0 atom stereocenters. The number of imidazole rings is 1. The predicted octanol–water partition coefficient (Wildman–Crippen LogP) is 4.61. The van der Waals surface area contributed by atoms with Crippen LogP contribution in [0.2, 0.25) is 0 Å². The van der Waals surface area contributed by atoms with Gasteiger partial charge in [0.15, 0.2) is 0 Å². The van der Waals surface area contributed by atoms with Crippen molar-refractivity contribution in [2.24, 2.45) is 0 Å². The van der Waals surface area contributed by atoms with Gasteiger partial charge in [-0.3, -0.25) is 0 Å². The zero-order valence-corrected chi connectivity index (χ0v) is 13.0. The lowest BCUT2D eigenvalue weighted by Gasteiger charge is -2.14. The summed E-state index contributed by atoms with van der Waals surface area (Å²) in [5, 5.41) is 3.54. The van der Waals surface area contributed by atoms with Crippen molar-refractivity contribution in [1.82, 2.24) is 9.55 Å². The fourth-order valence-electron chi connectivity index (χ4n) is 2.46. The van der Waals surface area contributed by atoms with Crippen molar-refractivity contribution in [1.29, 1.82) is 0 Å². The van der Waals surface area contributed by atoms with Crippen LogP contribution in [0.5, 0.6) is 0 Å².